The SMILES string of the molecule is CCn1nc(C)cc1COc1ccc2c(c1)C(O)CCC2. The summed E-state index contributed by atoms with van der Waals surface area (Å²) < 4.78 is 7.85. The Labute approximate surface area is 125 Å². The summed E-state index contributed by atoms with van der Waals surface area (Å²) in [5, 5.41) is 14.5. The predicted molar refractivity (Wildman–Crippen MR) is 81.3 cm³/mol. The molecule has 1 unspecified atom stereocenters. The van der Waals surface area contributed by atoms with Crippen LogP contribution in [0.1, 0.15) is 48.4 Å². The van der Waals surface area contributed by atoms with E-state index in [1.54, 1.807) is 0 Å². The number of aliphatic hydroxyl groups is 1. The second kappa shape index (κ2) is 5.90. The van der Waals surface area contributed by atoms with Crippen LogP contribution in [0.2, 0.25) is 0 Å². The van der Waals surface area contributed by atoms with E-state index in [1.165, 1.54) is 5.56 Å². The summed E-state index contributed by atoms with van der Waals surface area (Å²) in [7, 11) is 0. The Morgan fingerprint density at radius 3 is 3.05 bits per heavy atom. The van der Waals surface area contributed by atoms with Crippen molar-refractivity contribution >= 4 is 0 Å². The molecule has 4 heteroatoms. The zero-order chi connectivity index (χ0) is 14.8. The van der Waals surface area contributed by atoms with Crippen molar-refractivity contribution in [3.05, 3.63) is 46.8 Å². The van der Waals surface area contributed by atoms with Crippen molar-refractivity contribution in [2.45, 2.75) is 52.4 Å². The van der Waals surface area contributed by atoms with Crippen LogP contribution in [-0.4, -0.2) is 14.9 Å². The quantitative estimate of drug-likeness (QED) is 0.939. The highest BCUT2D eigenvalue weighted by Crippen LogP contribution is 2.32. The van der Waals surface area contributed by atoms with E-state index >= 15 is 0 Å². The monoisotopic (exact) mass is 286 g/mol. The molecule has 1 heterocycles. The minimum Gasteiger partial charge on any atom is -0.487 e. The molecule has 0 bridgehead atoms. The number of ether oxygens (including phenoxy) is 1. The van der Waals surface area contributed by atoms with Crippen molar-refractivity contribution in [1.82, 2.24) is 9.78 Å². The number of hydrogen-bond acceptors (Lipinski definition) is 3. The van der Waals surface area contributed by atoms with Gasteiger partial charge in [-0.3, -0.25) is 4.68 Å². The lowest BCUT2D eigenvalue weighted by Gasteiger charge is -2.22. The van der Waals surface area contributed by atoms with Crippen molar-refractivity contribution in [2.75, 3.05) is 0 Å². The molecule has 0 saturated carbocycles. The minimum atomic E-state index is -0.347. The number of aromatic nitrogens is 2. The number of aryl methyl sites for hydroxylation is 3. The molecule has 0 saturated heterocycles. The molecular formula is C17H22N2O2. The highest BCUT2D eigenvalue weighted by atomic mass is 16.5. The summed E-state index contributed by atoms with van der Waals surface area (Å²) in [4.78, 5) is 0. The summed E-state index contributed by atoms with van der Waals surface area (Å²) in [6.07, 6.45) is 2.61. The molecule has 112 valence electrons. The number of hydrogen-bond donors (Lipinski definition) is 1. The maximum atomic E-state index is 10.1. The first-order valence-corrected chi connectivity index (χ1v) is 7.64. The van der Waals surface area contributed by atoms with E-state index in [4.69, 9.17) is 4.74 Å². The van der Waals surface area contributed by atoms with Gasteiger partial charge in [-0.05, 0) is 62.4 Å². The first kappa shape index (κ1) is 14.1. The molecule has 1 N–H and O–H groups in total. The summed E-state index contributed by atoms with van der Waals surface area (Å²) >= 11 is 0. The van der Waals surface area contributed by atoms with E-state index in [0.717, 1.165) is 48.5 Å². The average molecular weight is 286 g/mol. The summed E-state index contributed by atoms with van der Waals surface area (Å²) in [6.45, 7) is 5.41. The van der Waals surface area contributed by atoms with E-state index in [9.17, 15) is 5.11 Å². The number of nitrogens with zero attached hydrogens (tertiary/aromatic N) is 2. The van der Waals surface area contributed by atoms with Crippen LogP contribution in [0.4, 0.5) is 0 Å². The van der Waals surface area contributed by atoms with Crippen LogP contribution < -0.4 is 4.74 Å². The van der Waals surface area contributed by atoms with Gasteiger partial charge in [0.25, 0.3) is 0 Å². The Hall–Kier alpha value is -1.81. The van der Waals surface area contributed by atoms with Crippen molar-refractivity contribution in [1.29, 1.82) is 0 Å². The van der Waals surface area contributed by atoms with Crippen molar-refractivity contribution in [3.63, 3.8) is 0 Å². The van der Waals surface area contributed by atoms with E-state index in [2.05, 4.69) is 24.2 Å². The van der Waals surface area contributed by atoms with Crippen LogP contribution in [0.25, 0.3) is 0 Å². The van der Waals surface area contributed by atoms with E-state index in [0.29, 0.717) is 6.61 Å². The van der Waals surface area contributed by atoms with Crippen LogP contribution in [-0.2, 0) is 19.6 Å². The molecule has 3 rings (SSSR count). The Bertz CT molecular complexity index is 634. The first-order chi connectivity index (χ1) is 10.2. The van der Waals surface area contributed by atoms with Gasteiger partial charge in [-0.1, -0.05) is 6.07 Å². The maximum Gasteiger partial charge on any atom is 0.130 e. The van der Waals surface area contributed by atoms with Gasteiger partial charge in [0.15, 0.2) is 0 Å². The number of fused-ring (bicyclic) bond motifs is 1. The Balaban J connectivity index is 1.75. The Morgan fingerprint density at radius 1 is 1.38 bits per heavy atom. The van der Waals surface area contributed by atoms with Gasteiger partial charge in [0.05, 0.1) is 17.5 Å². The molecule has 1 aliphatic carbocycles. The Kier molecular flexibility index (Phi) is 3.97. The van der Waals surface area contributed by atoms with E-state index < -0.39 is 0 Å². The fourth-order valence-corrected chi connectivity index (χ4v) is 2.99. The summed E-state index contributed by atoms with van der Waals surface area (Å²) in [6, 6.07) is 8.11. The van der Waals surface area contributed by atoms with Gasteiger partial charge < -0.3 is 9.84 Å². The third-order valence-corrected chi connectivity index (χ3v) is 4.07. The first-order valence-electron chi connectivity index (χ1n) is 7.64. The smallest absolute Gasteiger partial charge is 0.130 e. The lowest BCUT2D eigenvalue weighted by molar-refractivity contribution is 0.156. The minimum absolute atomic E-state index is 0.347. The molecule has 0 fully saturated rings. The standard InChI is InChI=1S/C17H22N2O2/c1-3-19-14(9-12(2)18-19)11-21-15-8-7-13-5-4-6-17(20)16(13)10-15/h7-10,17,20H,3-6,11H2,1-2H3. The molecule has 4 nitrogen and oxygen atoms in total. The molecule has 0 spiro atoms. The number of benzene rings is 1. The van der Waals surface area contributed by atoms with Crippen molar-refractivity contribution in [2.24, 2.45) is 0 Å². The normalized spacial score (nSPS) is 17.6. The highest BCUT2D eigenvalue weighted by Gasteiger charge is 2.18. The lowest BCUT2D eigenvalue weighted by Crippen LogP contribution is -2.10. The highest BCUT2D eigenvalue weighted by molar-refractivity contribution is 5.38. The molecule has 1 atom stereocenters. The Morgan fingerprint density at radius 2 is 2.24 bits per heavy atom. The maximum absolute atomic E-state index is 10.1. The van der Waals surface area contributed by atoms with E-state index in [-0.39, 0.29) is 6.10 Å². The van der Waals surface area contributed by atoms with Crippen molar-refractivity contribution in [3.8, 4) is 5.75 Å². The van der Waals surface area contributed by atoms with Crippen LogP contribution >= 0.6 is 0 Å². The fourth-order valence-electron chi connectivity index (χ4n) is 2.99. The molecule has 0 radical (unpaired) electrons. The van der Waals surface area contributed by atoms with Crippen LogP contribution in [0.3, 0.4) is 0 Å². The van der Waals surface area contributed by atoms with Crippen molar-refractivity contribution < 1.29 is 9.84 Å². The summed E-state index contributed by atoms with van der Waals surface area (Å²) in [5.74, 6) is 0.816. The molecule has 1 aromatic carbocycles. The molecule has 2 aromatic rings. The van der Waals surface area contributed by atoms with Gasteiger partial charge in [-0.15, -0.1) is 0 Å². The van der Waals surface area contributed by atoms with Gasteiger partial charge in [0.1, 0.15) is 12.4 Å². The van der Waals surface area contributed by atoms with E-state index in [1.807, 2.05) is 23.7 Å². The van der Waals surface area contributed by atoms with Gasteiger partial charge >= 0.3 is 0 Å². The van der Waals surface area contributed by atoms with Crippen LogP contribution in [0.5, 0.6) is 5.75 Å². The lowest BCUT2D eigenvalue weighted by atomic mass is 9.89. The van der Waals surface area contributed by atoms with Crippen LogP contribution in [0, 0.1) is 6.92 Å². The molecule has 0 amide bonds. The fraction of sp³-hybridized carbons (Fsp3) is 0.471. The third-order valence-electron chi connectivity index (χ3n) is 4.07. The van der Waals surface area contributed by atoms with Crippen LogP contribution in [0.15, 0.2) is 24.3 Å². The molecule has 1 aromatic heterocycles. The topological polar surface area (TPSA) is 47.3 Å². The second-order valence-corrected chi connectivity index (χ2v) is 5.65. The largest absolute Gasteiger partial charge is 0.487 e. The molecule has 21 heavy (non-hydrogen) atoms. The van der Waals surface area contributed by atoms with Gasteiger partial charge in [-0.25, -0.2) is 0 Å². The molecular weight excluding hydrogens is 264 g/mol. The zero-order valence-corrected chi connectivity index (χ0v) is 12.7. The van der Waals surface area contributed by atoms with Gasteiger partial charge in [0, 0.05) is 6.54 Å². The summed E-state index contributed by atoms with van der Waals surface area (Å²) in [5.41, 5.74) is 4.36. The number of rotatable bonds is 4. The van der Waals surface area contributed by atoms with Gasteiger partial charge in [-0.2, -0.15) is 5.10 Å². The number of aliphatic hydroxyl groups excluding tert-OH is 1. The van der Waals surface area contributed by atoms with Gasteiger partial charge in [0.2, 0.25) is 0 Å². The molecule has 1 aliphatic rings. The third kappa shape index (κ3) is 2.95. The zero-order valence-electron chi connectivity index (χ0n) is 12.7. The molecule has 0 aliphatic heterocycles. The second-order valence-electron chi connectivity index (χ2n) is 5.65. The predicted octanol–water partition coefficient (Wildman–Crippen LogP) is 3.16. The average Bonchev–Trinajstić information content (AvgIpc) is 2.86.